The number of amides is 2. The average molecular weight is 480 g/mol. The van der Waals surface area contributed by atoms with Gasteiger partial charge >= 0.3 is 0 Å². The van der Waals surface area contributed by atoms with Crippen molar-refractivity contribution in [3.63, 3.8) is 0 Å². The van der Waals surface area contributed by atoms with E-state index in [4.69, 9.17) is 0 Å². The van der Waals surface area contributed by atoms with Gasteiger partial charge in [0.15, 0.2) is 0 Å². The van der Waals surface area contributed by atoms with Crippen LogP contribution in [-0.2, 0) is 16.0 Å². The van der Waals surface area contributed by atoms with Crippen molar-refractivity contribution in [2.45, 2.75) is 83.1 Å². The third kappa shape index (κ3) is 6.28. The van der Waals surface area contributed by atoms with Gasteiger partial charge in [-0.15, -0.1) is 0 Å². The molecule has 5 nitrogen and oxygen atoms in total. The molecule has 192 valence electrons. The van der Waals surface area contributed by atoms with Gasteiger partial charge in [0.1, 0.15) is 0 Å². The molecule has 3 aliphatic heterocycles. The van der Waals surface area contributed by atoms with Gasteiger partial charge in [-0.2, -0.15) is 0 Å². The van der Waals surface area contributed by atoms with Gasteiger partial charge < -0.3 is 14.7 Å². The second-order valence-electron chi connectivity index (χ2n) is 11.7. The zero-order chi connectivity index (χ0) is 24.0. The minimum absolute atomic E-state index is 0.213. The van der Waals surface area contributed by atoms with E-state index in [1.54, 1.807) is 0 Å². The quantitative estimate of drug-likeness (QED) is 0.612. The van der Waals surface area contributed by atoms with Crippen LogP contribution in [0.25, 0.3) is 0 Å². The zero-order valence-electron chi connectivity index (χ0n) is 21.6. The van der Waals surface area contributed by atoms with Crippen LogP contribution < -0.4 is 0 Å². The topological polar surface area (TPSA) is 43.9 Å². The van der Waals surface area contributed by atoms with Crippen LogP contribution in [0.1, 0.15) is 76.2 Å². The van der Waals surface area contributed by atoms with Crippen molar-refractivity contribution in [1.82, 2.24) is 14.7 Å². The Balaban J connectivity index is 1.01. The van der Waals surface area contributed by atoms with Gasteiger partial charge in [0.05, 0.1) is 0 Å². The molecule has 1 saturated carbocycles. The van der Waals surface area contributed by atoms with E-state index in [-0.39, 0.29) is 5.92 Å². The average Bonchev–Trinajstić information content (AvgIpc) is 2.94. The number of piperidine rings is 3. The van der Waals surface area contributed by atoms with Crippen LogP contribution in [0.5, 0.6) is 0 Å². The lowest BCUT2D eigenvalue weighted by atomic mass is 9.87. The first-order chi connectivity index (χ1) is 17.2. The van der Waals surface area contributed by atoms with Crippen molar-refractivity contribution in [2.75, 3.05) is 39.3 Å². The van der Waals surface area contributed by atoms with E-state index in [0.717, 1.165) is 97.1 Å². The normalized spacial score (nSPS) is 24.6. The zero-order valence-corrected chi connectivity index (χ0v) is 21.6. The molecule has 1 aromatic rings. The third-order valence-corrected chi connectivity index (χ3v) is 9.42. The highest BCUT2D eigenvalue weighted by Crippen LogP contribution is 2.30. The lowest BCUT2D eigenvalue weighted by molar-refractivity contribution is -0.140. The second kappa shape index (κ2) is 11.9. The number of carbonyl (C=O) groups excluding carboxylic acids is 2. The highest BCUT2D eigenvalue weighted by Gasteiger charge is 2.35. The fraction of sp³-hybridized carbons (Fsp3) is 0.733. The Morgan fingerprint density at radius 2 is 1.17 bits per heavy atom. The van der Waals surface area contributed by atoms with Gasteiger partial charge in [0.2, 0.25) is 11.8 Å². The van der Waals surface area contributed by atoms with Crippen LogP contribution in [-0.4, -0.2) is 71.8 Å². The predicted molar refractivity (Wildman–Crippen MR) is 140 cm³/mol. The van der Waals surface area contributed by atoms with Gasteiger partial charge in [-0.1, -0.05) is 49.6 Å². The lowest BCUT2D eigenvalue weighted by Gasteiger charge is -2.43. The van der Waals surface area contributed by atoms with E-state index in [0.29, 0.717) is 29.7 Å². The molecular weight excluding hydrogens is 434 g/mol. The van der Waals surface area contributed by atoms with Crippen molar-refractivity contribution in [3.05, 3.63) is 35.9 Å². The Labute approximate surface area is 212 Å². The Kier molecular flexibility index (Phi) is 8.43. The van der Waals surface area contributed by atoms with Crippen LogP contribution >= 0.6 is 0 Å². The van der Waals surface area contributed by atoms with Crippen LogP contribution in [0.3, 0.4) is 0 Å². The maximum absolute atomic E-state index is 13.2. The van der Waals surface area contributed by atoms with Crippen molar-refractivity contribution in [2.24, 2.45) is 17.8 Å². The summed E-state index contributed by atoms with van der Waals surface area (Å²) in [6.07, 6.45) is 13.6. The third-order valence-electron chi connectivity index (χ3n) is 9.42. The summed E-state index contributed by atoms with van der Waals surface area (Å²) in [4.78, 5) is 33.1. The fourth-order valence-corrected chi connectivity index (χ4v) is 7.13. The number of benzene rings is 1. The summed E-state index contributed by atoms with van der Waals surface area (Å²) in [7, 11) is 0. The molecule has 4 aliphatic rings. The monoisotopic (exact) mass is 479 g/mol. The maximum atomic E-state index is 13.2. The summed E-state index contributed by atoms with van der Waals surface area (Å²) in [6.45, 7) is 5.81. The van der Waals surface area contributed by atoms with Crippen molar-refractivity contribution < 1.29 is 9.59 Å². The van der Waals surface area contributed by atoms with E-state index in [1.165, 1.54) is 24.8 Å². The van der Waals surface area contributed by atoms with Crippen LogP contribution in [0.15, 0.2) is 30.3 Å². The van der Waals surface area contributed by atoms with Gasteiger partial charge in [-0.25, -0.2) is 0 Å². The van der Waals surface area contributed by atoms with Gasteiger partial charge in [-0.3, -0.25) is 9.59 Å². The van der Waals surface area contributed by atoms with Gasteiger partial charge in [0, 0.05) is 44.1 Å². The number of carbonyl (C=O) groups is 2. The molecule has 0 unspecified atom stereocenters. The van der Waals surface area contributed by atoms with Crippen molar-refractivity contribution >= 4 is 11.8 Å². The maximum Gasteiger partial charge on any atom is 0.225 e. The minimum Gasteiger partial charge on any atom is -0.342 e. The SMILES string of the molecule is O=C(C1CCN(C2CCN(C(=O)C3CCCCC3)CC2)CC1)N1CCC(Cc2ccccc2)CC1. The van der Waals surface area contributed by atoms with Crippen LogP contribution in [0.2, 0.25) is 0 Å². The number of rotatable bonds is 5. The van der Waals surface area contributed by atoms with E-state index in [2.05, 4.69) is 45.0 Å². The number of hydrogen-bond acceptors (Lipinski definition) is 3. The molecule has 35 heavy (non-hydrogen) atoms. The Morgan fingerprint density at radius 3 is 1.77 bits per heavy atom. The highest BCUT2D eigenvalue weighted by molar-refractivity contribution is 5.79. The first-order valence-electron chi connectivity index (χ1n) is 14.5. The molecule has 0 bridgehead atoms. The van der Waals surface area contributed by atoms with Gasteiger partial charge in [0.25, 0.3) is 0 Å². The van der Waals surface area contributed by atoms with Crippen molar-refractivity contribution in [1.29, 1.82) is 0 Å². The van der Waals surface area contributed by atoms with Crippen molar-refractivity contribution in [3.8, 4) is 0 Å². The molecule has 3 heterocycles. The molecule has 0 aromatic heterocycles. The van der Waals surface area contributed by atoms with E-state index >= 15 is 0 Å². The second-order valence-corrected chi connectivity index (χ2v) is 11.7. The largest absolute Gasteiger partial charge is 0.342 e. The number of nitrogens with zero attached hydrogens (tertiary/aromatic N) is 3. The molecule has 0 spiro atoms. The smallest absolute Gasteiger partial charge is 0.225 e. The molecule has 5 heteroatoms. The molecule has 0 N–H and O–H groups in total. The summed E-state index contributed by atoms with van der Waals surface area (Å²) < 4.78 is 0. The Morgan fingerprint density at radius 1 is 0.629 bits per heavy atom. The van der Waals surface area contributed by atoms with E-state index in [9.17, 15) is 9.59 Å². The lowest BCUT2D eigenvalue weighted by Crippen LogP contribution is -2.51. The molecule has 1 aliphatic carbocycles. The van der Waals surface area contributed by atoms with Crippen LogP contribution in [0, 0.1) is 17.8 Å². The molecular formula is C30H45N3O2. The molecule has 0 radical (unpaired) electrons. The Hall–Kier alpha value is -1.88. The highest BCUT2D eigenvalue weighted by atomic mass is 16.2. The summed E-state index contributed by atoms with van der Waals surface area (Å²) >= 11 is 0. The Bertz CT molecular complexity index is 813. The minimum atomic E-state index is 0.213. The molecule has 4 fully saturated rings. The molecule has 1 aromatic carbocycles. The molecule has 3 saturated heterocycles. The van der Waals surface area contributed by atoms with Gasteiger partial charge in [-0.05, 0) is 82.4 Å². The first kappa shape index (κ1) is 24.8. The first-order valence-corrected chi connectivity index (χ1v) is 14.5. The van der Waals surface area contributed by atoms with Crippen LogP contribution in [0.4, 0.5) is 0 Å². The summed E-state index contributed by atoms with van der Waals surface area (Å²) in [5.41, 5.74) is 1.42. The summed E-state index contributed by atoms with van der Waals surface area (Å²) in [5, 5.41) is 0. The molecule has 0 atom stereocenters. The van der Waals surface area contributed by atoms with E-state index < -0.39 is 0 Å². The summed E-state index contributed by atoms with van der Waals surface area (Å²) in [5.74, 6) is 2.06. The number of hydrogen-bond donors (Lipinski definition) is 0. The predicted octanol–water partition coefficient (Wildman–Crippen LogP) is 4.75. The molecule has 2 amide bonds. The fourth-order valence-electron chi connectivity index (χ4n) is 7.13. The summed E-state index contributed by atoms with van der Waals surface area (Å²) in [6, 6.07) is 11.4. The standard InChI is InChI=1S/C30H45N3O2/c34-29(26-9-5-2-6-10-26)33-21-15-28(16-22-33)31-19-13-27(14-20-31)30(35)32-17-11-25(12-18-32)23-24-7-3-1-4-8-24/h1,3-4,7-8,25-28H,2,5-6,9-23H2. The van der Waals surface area contributed by atoms with E-state index in [1.807, 2.05) is 0 Å². The number of likely N-dealkylation sites (tertiary alicyclic amines) is 3. The molecule has 5 rings (SSSR count).